The Kier molecular flexibility index (Phi) is 4.55. The van der Waals surface area contributed by atoms with Gasteiger partial charge in [-0.1, -0.05) is 11.6 Å². The van der Waals surface area contributed by atoms with Gasteiger partial charge >= 0.3 is 0 Å². The number of halogens is 1. The molecule has 6 heteroatoms. The number of nitrogens with zero attached hydrogens (tertiary/aromatic N) is 1. The Morgan fingerprint density at radius 3 is 2.67 bits per heavy atom. The van der Waals surface area contributed by atoms with Gasteiger partial charge in [0, 0.05) is 23.2 Å². The van der Waals surface area contributed by atoms with Crippen molar-refractivity contribution in [1.29, 1.82) is 0 Å². The van der Waals surface area contributed by atoms with Crippen molar-refractivity contribution in [2.24, 2.45) is 0 Å². The SMILES string of the molecule is O=C(Cc1cc2c(cc1Cl)OCCO2)N[C@H]1CCCN2CCC[C@@H]12. The minimum Gasteiger partial charge on any atom is -0.486 e. The zero-order chi connectivity index (χ0) is 16.5. The maximum atomic E-state index is 12.5. The Labute approximate surface area is 147 Å². The molecule has 2 atom stereocenters. The quantitative estimate of drug-likeness (QED) is 0.909. The number of benzene rings is 1. The normalized spacial score (nSPS) is 26.0. The molecular weight excluding hydrogens is 328 g/mol. The molecule has 0 radical (unpaired) electrons. The molecule has 0 bridgehead atoms. The van der Waals surface area contributed by atoms with Gasteiger partial charge in [0.15, 0.2) is 11.5 Å². The Hall–Kier alpha value is -1.46. The van der Waals surface area contributed by atoms with E-state index >= 15 is 0 Å². The number of fused-ring (bicyclic) bond motifs is 2. The van der Waals surface area contributed by atoms with Gasteiger partial charge in [-0.3, -0.25) is 9.69 Å². The molecule has 3 aliphatic rings. The van der Waals surface area contributed by atoms with Crippen molar-refractivity contribution in [1.82, 2.24) is 10.2 Å². The van der Waals surface area contributed by atoms with E-state index in [2.05, 4.69) is 10.2 Å². The second-order valence-corrected chi connectivity index (χ2v) is 7.23. The monoisotopic (exact) mass is 350 g/mol. The zero-order valence-corrected chi connectivity index (χ0v) is 14.5. The third-order valence-electron chi connectivity index (χ3n) is 5.25. The van der Waals surface area contributed by atoms with Crippen molar-refractivity contribution in [2.45, 2.75) is 44.2 Å². The molecule has 0 aromatic heterocycles. The van der Waals surface area contributed by atoms with E-state index < -0.39 is 0 Å². The lowest BCUT2D eigenvalue weighted by Gasteiger charge is -2.37. The van der Waals surface area contributed by atoms with Gasteiger partial charge in [-0.05, 0) is 50.4 Å². The van der Waals surface area contributed by atoms with Gasteiger partial charge in [-0.25, -0.2) is 0 Å². The molecule has 3 heterocycles. The summed E-state index contributed by atoms with van der Waals surface area (Å²) in [5, 5.41) is 3.79. The highest BCUT2D eigenvalue weighted by Crippen LogP contribution is 2.35. The highest BCUT2D eigenvalue weighted by atomic mass is 35.5. The molecule has 1 amide bonds. The van der Waals surface area contributed by atoms with Crippen LogP contribution >= 0.6 is 11.6 Å². The number of hydrogen-bond donors (Lipinski definition) is 1. The predicted molar refractivity (Wildman–Crippen MR) is 91.9 cm³/mol. The van der Waals surface area contributed by atoms with Gasteiger partial charge in [-0.15, -0.1) is 0 Å². The van der Waals surface area contributed by atoms with Crippen molar-refractivity contribution < 1.29 is 14.3 Å². The number of ether oxygens (including phenoxy) is 2. The molecule has 0 unspecified atom stereocenters. The van der Waals surface area contributed by atoms with Gasteiger partial charge < -0.3 is 14.8 Å². The Balaban J connectivity index is 1.42. The summed E-state index contributed by atoms with van der Waals surface area (Å²) in [5.41, 5.74) is 0.789. The Morgan fingerprint density at radius 2 is 1.88 bits per heavy atom. The third-order valence-corrected chi connectivity index (χ3v) is 5.60. The molecule has 1 aromatic rings. The van der Waals surface area contributed by atoms with Crippen LogP contribution in [0.5, 0.6) is 11.5 Å². The molecule has 2 saturated heterocycles. The molecule has 0 spiro atoms. The fourth-order valence-electron chi connectivity index (χ4n) is 4.13. The van der Waals surface area contributed by atoms with E-state index in [4.69, 9.17) is 21.1 Å². The molecule has 4 rings (SSSR count). The molecule has 24 heavy (non-hydrogen) atoms. The first-order valence-electron chi connectivity index (χ1n) is 8.82. The molecule has 130 valence electrons. The van der Waals surface area contributed by atoms with E-state index in [1.807, 2.05) is 6.07 Å². The van der Waals surface area contributed by atoms with Crippen LogP contribution in [-0.4, -0.2) is 49.2 Å². The smallest absolute Gasteiger partial charge is 0.224 e. The van der Waals surface area contributed by atoms with Gasteiger partial charge in [0.05, 0.1) is 6.42 Å². The maximum Gasteiger partial charge on any atom is 0.224 e. The van der Waals surface area contributed by atoms with Crippen molar-refractivity contribution >= 4 is 17.5 Å². The molecular formula is C18H23ClN2O3. The van der Waals surface area contributed by atoms with E-state index in [1.165, 1.54) is 25.9 Å². The number of carbonyl (C=O) groups is 1. The molecule has 0 saturated carbocycles. The lowest BCUT2D eigenvalue weighted by Crippen LogP contribution is -2.52. The van der Waals surface area contributed by atoms with Gasteiger partial charge in [0.1, 0.15) is 13.2 Å². The average molecular weight is 351 g/mol. The topological polar surface area (TPSA) is 50.8 Å². The Morgan fingerprint density at radius 1 is 1.17 bits per heavy atom. The molecule has 2 fully saturated rings. The van der Waals surface area contributed by atoms with Crippen molar-refractivity contribution in [3.63, 3.8) is 0 Å². The zero-order valence-electron chi connectivity index (χ0n) is 13.7. The fourth-order valence-corrected chi connectivity index (χ4v) is 4.35. The van der Waals surface area contributed by atoms with E-state index in [0.717, 1.165) is 18.4 Å². The van der Waals surface area contributed by atoms with Crippen LogP contribution in [0.1, 0.15) is 31.2 Å². The van der Waals surface area contributed by atoms with Crippen molar-refractivity contribution in [3.8, 4) is 11.5 Å². The van der Waals surface area contributed by atoms with Crippen molar-refractivity contribution in [2.75, 3.05) is 26.3 Å². The lowest BCUT2D eigenvalue weighted by atomic mass is 9.96. The highest BCUT2D eigenvalue weighted by Gasteiger charge is 2.35. The third kappa shape index (κ3) is 3.20. The second kappa shape index (κ2) is 6.81. The summed E-state index contributed by atoms with van der Waals surface area (Å²) in [4.78, 5) is 15.0. The van der Waals surface area contributed by atoms with Crippen LogP contribution in [0.15, 0.2) is 12.1 Å². The number of hydrogen-bond acceptors (Lipinski definition) is 4. The summed E-state index contributed by atoms with van der Waals surface area (Å²) in [5.74, 6) is 1.37. The number of carbonyl (C=O) groups excluding carboxylic acids is 1. The number of piperidine rings is 1. The summed E-state index contributed by atoms with van der Waals surface area (Å²) in [7, 11) is 0. The number of nitrogens with one attached hydrogen (secondary N) is 1. The Bertz CT molecular complexity index is 637. The van der Waals surface area contributed by atoms with Crippen LogP contribution in [0.4, 0.5) is 0 Å². The predicted octanol–water partition coefficient (Wildman–Crippen LogP) is 2.40. The standard InChI is InChI=1S/C18H23ClN2O3/c19-13-11-17-16(23-7-8-24-17)9-12(13)10-18(22)20-14-3-1-5-21-6-2-4-15(14)21/h9,11,14-15H,1-8,10H2,(H,20,22)/t14-,15-/m0/s1. The maximum absolute atomic E-state index is 12.5. The van der Waals surface area contributed by atoms with Crippen molar-refractivity contribution in [3.05, 3.63) is 22.7 Å². The highest BCUT2D eigenvalue weighted by molar-refractivity contribution is 6.31. The molecule has 1 N–H and O–H groups in total. The minimum absolute atomic E-state index is 0.0346. The lowest BCUT2D eigenvalue weighted by molar-refractivity contribution is -0.121. The second-order valence-electron chi connectivity index (χ2n) is 6.83. The minimum atomic E-state index is 0.0346. The van der Waals surface area contributed by atoms with Crippen LogP contribution in [0.2, 0.25) is 5.02 Å². The first kappa shape index (κ1) is 16.0. The molecule has 5 nitrogen and oxygen atoms in total. The summed E-state index contributed by atoms with van der Waals surface area (Å²) >= 11 is 6.31. The van der Waals surface area contributed by atoms with Gasteiger partial charge in [0.2, 0.25) is 5.91 Å². The van der Waals surface area contributed by atoms with E-state index in [1.54, 1.807) is 6.07 Å². The van der Waals surface area contributed by atoms with Crippen LogP contribution in [0, 0.1) is 0 Å². The summed E-state index contributed by atoms with van der Waals surface area (Å²) in [6, 6.07) is 4.36. The van der Waals surface area contributed by atoms with Gasteiger partial charge in [0.25, 0.3) is 0 Å². The van der Waals surface area contributed by atoms with E-state index in [0.29, 0.717) is 35.8 Å². The summed E-state index contributed by atoms with van der Waals surface area (Å²) < 4.78 is 11.1. The first-order valence-corrected chi connectivity index (χ1v) is 9.20. The summed E-state index contributed by atoms with van der Waals surface area (Å²) in [6.45, 7) is 3.40. The molecule has 1 aromatic carbocycles. The van der Waals surface area contributed by atoms with Crippen LogP contribution in [0.3, 0.4) is 0 Å². The van der Waals surface area contributed by atoms with E-state index in [-0.39, 0.29) is 18.4 Å². The van der Waals surface area contributed by atoms with Crippen LogP contribution < -0.4 is 14.8 Å². The van der Waals surface area contributed by atoms with Crippen LogP contribution in [-0.2, 0) is 11.2 Å². The van der Waals surface area contributed by atoms with Gasteiger partial charge in [-0.2, -0.15) is 0 Å². The molecule has 3 aliphatic heterocycles. The first-order chi connectivity index (χ1) is 11.7. The molecule has 0 aliphatic carbocycles. The largest absolute Gasteiger partial charge is 0.486 e. The number of rotatable bonds is 3. The average Bonchev–Trinajstić information content (AvgIpc) is 3.05. The number of amides is 1. The fraction of sp³-hybridized carbons (Fsp3) is 0.611. The van der Waals surface area contributed by atoms with Crippen LogP contribution in [0.25, 0.3) is 0 Å². The summed E-state index contributed by atoms with van der Waals surface area (Å²) in [6.07, 6.45) is 4.94. The van der Waals surface area contributed by atoms with E-state index in [9.17, 15) is 4.79 Å².